The molecule has 0 spiro atoms. The first-order chi connectivity index (χ1) is 10.5. The quantitative estimate of drug-likeness (QED) is 0.526. The van der Waals surface area contributed by atoms with Gasteiger partial charge < -0.3 is 4.74 Å². The highest BCUT2D eigenvalue weighted by Crippen LogP contribution is 2.39. The molecule has 3 atom stereocenters. The SMILES string of the molecule is CC(C)=CCC[C@@H](C)[C@@H]1CC/C(C)=C/C/C=C2/C(=O)OC[C@H]21. The predicted octanol–water partition coefficient (Wildman–Crippen LogP) is 5.21. The first-order valence-corrected chi connectivity index (χ1v) is 8.65. The van der Waals surface area contributed by atoms with Crippen molar-refractivity contribution in [3.8, 4) is 0 Å². The predicted molar refractivity (Wildman–Crippen MR) is 91.5 cm³/mol. The van der Waals surface area contributed by atoms with Crippen LogP contribution in [0.15, 0.2) is 34.9 Å². The van der Waals surface area contributed by atoms with E-state index in [-0.39, 0.29) is 5.97 Å². The number of esters is 1. The standard InChI is InChI=1S/C20H30O2/c1-14(2)7-5-9-16(4)17-12-11-15(3)8-6-10-18-19(17)13-22-20(18)21/h7-8,10,16-17,19H,5-6,9,11-13H2,1-4H3/b15-8+,18-10+/t16-,17+,19+/m1/s1. The Balaban J connectivity index is 2.13. The maximum atomic E-state index is 12.0. The lowest BCUT2D eigenvalue weighted by molar-refractivity contribution is -0.135. The summed E-state index contributed by atoms with van der Waals surface area (Å²) in [5.41, 5.74) is 3.78. The highest BCUT2D eigenvalue weighted by Gasteiger charge is 2.38. The van der Waals surface area contributed by atoms with Crippen LogP contribution in [0.4, 0.5) is 0 Å². The van der Waals surface area contributed by atoms with Gasteiger partial charge in [-0.1, -0.05) is 36.3 Å². The van der Waals surface area contributed by atoms with Crippen LogP contribution < -0.4 is 0 Å². The zero-order valence-corrected chi connectivity index (χ0v) is 14.5. The second kappa shape index (κ2) is 7.80. The van der Waals surface area contributed by atoms with Gasteiger partial charge in [-0.3, -0.25) is 0 Å². The average Bonchev–Trinajstić information content (AvgIpc) is 2.83. The van der Waals surface area contributed by atoms with Crippen molar-refractivity contribution in [2.75, 3.05) is 6.61 Å². The largest absolute Gasteiger partial charge is 0.462 e. The minimum atomic E-state index is -0.0838. The zero-order chi connectivity index (χ0) is 16.1. The number of allylic oxidation sites excluding steroid dienone is 5. The molecule has 122 valence electrons. The number of hydrogen-bond donors (Lipinski definition) is 0. The minimum absolute atomic E-state index is 0.0838. The summed E-state index contributed by atoms with van der Waals surface area (Å²) >= 11 is 0. The second-order valence-corrected chi connectivity index (χ2v) is 7.19. The van der Waals surface area contributed by atoms with Crippen molar-refractivity contribution in [3.63, 3.8) is 0 Å². The van der Waals surface area contributed by atoms with Crippen molar-refractivity contribution < 1.29 is 9.53 Å². The third-order valence-electron chi connectivity index (χ3n) is 5.13. The van der Waals surface area contributed by atoms with Gasteiger partial charge in [0.2, 0.25) is 0 Å². The van der Waals surface area contributed by atoms with E-state index in [9.17, 15) is 4.79 Å². The van der Waals surface area contributed by atoms with Crippen molar-refractivity contribution in [1.29, 1.82) is 0 Å². The van der Waals surface area contributed by atoms with Crippen molar-refractivity contribution >= 4 is 5.97 Å². The van der Waals surface area contributed by atoms with Crippen molar-refractivity contribution in [3.05, 3.63) is 34.9 Å². The summed E-state index contributed by atoms with van der Waals surface area (Å²) < 4.78 is 5.36. The van der Waals surface area contributed by atoms with Crippen LogP contribution >= 0.6 is 0 Å². The molecule has 0 saturated carbocycles. The van der Waals surface area contributed by atoms with E-state index in [1.54, 1.807) is 0 Å². The van der Waals surface area contributed by atoms with Crippen molar-refractivity contribution in [2.24, 2.45) is 17.8 Å². The smallest absolute Gasteiger partial charge is 0.334 e. The summed E-state index contributed by atoms with van der Waals surface area (Å²) in [5.74, 6) is 1.38. The maximum absolute atomic E-state index is 12.0. The number of ether oxygens (including phenoxy) is 1. The summed E-state index contributed by atoms with van der Waals surface area (Å²) in [6.45, 7) is 9.46. The lowest BCUT2D eigenvalue weighted by Gasteiger charge is -2.28. The Labute approximate surface area is 135 Å². The van der Waals surface area contributed by atoms with Gasteiger partial charge in [0.15, 0.2) is 0 Å². The number of hydrogen-bond acceptors (Lipinski definition) is 2. The van der Waals surface area contributed by atoms with Crippen LogP contribution in [0.3, 0.4) is 0 Å². The molecule has 0 aromatic carbocycles. The number of rotatable bonds is 4. The number of carbonyl (C=O) groups is 1. The molecule has 0 bridgehead atoms. The molecule has 1 heterocycles. The molecule has 1 saturated heterocycles. The molecule has 2 nitrogen and oxygen atoms in total. The monoisotopic (exact) mass is 302 g/mol. The third-order valence-corrected chi connectivity index (χ3v) is 5.13. The van der Waals surface area contributed by atoms with E-state index < -0.39 is 0 Å². The van der Waals surface area contributed by atoms with Gasteiger partial charge in [0.25, 0.3) is 0 Å². The highest BCUT2D eigenvalue weighted by molar-refractivity contribution is 5.91. The molecule has 1 aliphatic carbocycles. The van der Waals surface area contributed by atoms with E-state index in [0.717, 1.165) is 31.3 Å². The van der Waals surface area contributed by atoms with E-state index in [4.69, 9.17) is 4.74 Å². The third kappa shape index (κ3) is 4.34. The van der Waals surface area contributed by atoms with Gasteiger partial charge in [-0.2, -0.15) is 0 Å². The van der Waals surface area contributed by atoms with Crippen molar-refractivity contribution in [1.82, 2.24) is 0 Å². The first kappa shape index (κ1) is 17.1. The van der Waals surface area contributed by atoms with Gasteiger partial charge in [-0.15, -0.1) is 0 Å². The van der Waals surface area contributed by atoms with Crippen LogP contribution in [0.1, 0.15) is 59.8 Å². The summed E-state index contributed by atoms with van der Waals surface area (Å²) in [4.78, 5) is 12.0. The van der Waals surface area contributed by atoms with Gasteiger partial charge >= 0.3 is 5.97 Å². The Bertz CT molecular complexity index is 492. The van der Waals surface area contributed by atoms with Crippen LogP contribution in [-0.4, -0.2) is 12.6 Å². The minimum Gasteiger partial charge on any atom is -0.462 e. The van der Waals surface area contributed by atoms with Gasteiger partial charge in [-0.05, 0) is 64.7 Å². The molecule has 0 aromatic rings. The fourth-order valence-electron chi connectivity index (χ4n) is 3.69. The summed E-state index contributed by atoms with van der Waals surface area (Å²) in [6, 6.07) is 0. The molecule has 0 aromatic heterocycles. The molecular weight excluding hydrogens is 272 g/mol. The summed E-state index contributed by atoms with van der Waals surface area (Å²) in [7, 11) is 0. The Hall–Kier alpha value is -1.31. The van der Waals surface area contributed by atoms with Crippen LogP contribution in [-0.2, 0) is 9.53 Å². The average molecular weight is 302 g/mol. The van der Waals surface area contributed by atoms with E-state index in [2.05, 4.69) is 45.9 Å². The van der Waals surface area contributed by atoms with Gasteiger partial charge in [0, 0.05) is 11.5 Å². The Morgan fingerprint density at radius 2 is 2.18 bits per heavy atom. The molecule has 2 heteroatoms. The first-order valence-electron chi connectivity index (χ1n) is 8.65. The number of cyclic esters (lactones) is 1. The second-order valence-electron chi connectivity index (χ2n) is 7.19. The zero-order valence-electron chi connectivity index (χ0n) is 14.5. The van der Waals surface area contributed by atoms with E-state index in [1.165, 1.54) is 17.6 Å². The maximum Gasteiger partial charge on any atom is 0.334 e. The Morgan fingerprint density at radius 3 is 2.91 bits per heavy atom. The molecule has 0 amide bonds. The lowest BCUT2D eigenvalue weighted by atomic mass is 9.75. The molecule has 2 rings (SSSR count). The fourth-order valence-corrected chi connectivity index (χ4v) is 3.69. The topological polar surface area (TPSA) is 26.3 Å². The van der Waals surface area contributed by atoms with Crippen LogP contribution in [0.5, 0.6) is 0 Å². The fraction of sp³-hybridized carbons (Fsp3) is 0.650. The molecular formula is C20H30O2. The highest BCUT2D eigenvalue weighted by atomic mass is 16.5. The molecule has 1 fully saturated rings. The number of fused-ring (bicyclic) bond motifs is 1. The Kier molecular flexibility index (Phi) is 6.05. The molecule has 22 heavy (non-hydrogen) atoms. The molecule has 1 aliphatic heterocycles. The van der Waals surface area contributed by atoms with E-state index in [0.29, 0.717) is 24.4 Å². The normalized spacial score (nSPS) is 31.4. The molecule has 0 unspecified atom stereocenters. The molecule has 0 radical (unpaired) electrons. The number of carbonyl (C=O) groups excluding carboxylic acids is 1. The molecule has 2 aliphatic rings. The van der Waals surface area contributed by atoms with Crippen LogP contribution in [0.2, 0.25) is 0 Å². The van der Waals surface area contributed by atoms with Crippen LogP contribution in [0.25, 0.3) is 0 Å². The summed E-state index contributed by atoms with van der Waals surface area (Å²) in [6.07, 6.45) is 12.2. The van der Waals surface area contributed by atoms with Gasteiger partial charge in [-0.25, -0.2) is 4.79 Å². The van der Waals surface area contributed by atoms with Gasteiger partial charge in [0.05, 0.1) is 6.61 Å². The summed E-state index contributed by atoms with van der Waals surface area (Å²) in [5, 5.41) is 0. The van der Waals surface area contributed by atoms with E-state index in [1.807, 2.05) is 0 Å². The van der Waals surface area contributed by atoms with E-state index >= 15 is 0 Å². The Morgan fingerprint density at radius 1 is 1.41 bits per heavy atom. The lowest BCUT2D eigenvalue weighted by Crippen LogP contribution is -2.24. The van der Waals surface area contributed by atoms with Crippen LogP contribution in [0, 0.1) is 17.8 Å². The molecule has 0 N–H and O–H groups in total. The van der Waals surface area contributed by atoms with Gasteiger partial charge in [0.1, 0.15) is 0 Å². The van der Waals surface area contributed by atoms with Crippen molar-refractivity contribution in [2.45, 2.75) is 59.8 Å².